The number of amides is 2. The number of hydrogen-bond donors (Lipinski definition) is 1. The second-order valence-electron chi connectivity index (χ2n) is 6.81. The Hall–Kier alpha value is -3.65. The Morgan fingerprint density at radius 2 is 2.00 bits per heavy atom. The van der Waals surface area contributed by atoms with Crippen molar-refractivity contribution in [3.63, 3.8) is 0 Å². The summed E-state index contributed by atoms with van der Waals surface area (Å²) < 4.78 is 10.9. The molecule has 9 heteroatoms. The fraction of sp³-hybridized carbons (Fsp3) is 0.182. The highest BCUT2D eigenvalue weighted by molar-refractivity contribution is 6.29. The number of carbonyl (C=O) groups excluding carboxylic acids is 3. The van der Waals surface area contributed by atoms with Gasteiger partial charge in [-0.15, -0.1) is 0 Å². The Morgan fingerprint density at radius 3 is 2.81 bits per heavy atom. The average Bonchev–Trinajstić information content (AvgIpc) is 2.80. The van der Waals surface area contributed by atoms with Crippen LogP contribution in [0.15, 0.2) is 54.6 Å². The van der Waals surface area contributed by atoms with Gasteiger partial charge in [-0.05, 0) is 42.5 Å². The zero-order valence-electron chi connectivity index (χ0n) is 16.5. The van der Waals surface area contributed by atoms with Crippen molar-refractivity contribution < 1.29 is 23.9 Å². The van der Waals surface area contributed by atoms with Crippen molar-refractivity contribution in [3.05, 3.63) is 65.3 Å². The summed E-state index contributed by atoms with van der Waals surface area (Å²) in [6.45, 7) is -0.472. The van der Waals surface area contributed by atoms with Gasteiger partial charge in [0.1, 0.15) is 10.9 Å². The van der Waals surface area contributed by atoms with Crippen molar-refractivity contribution in [2.24, 2.45) is 0 Å². The number of carbonyl (C=O) groups is 3. The number of nitrogens with one attached hydrogen (secondary N) is 1. The Kier molecular flexibility index (Phi) is 5.73. The first-order valence-corrected chi connectivity index (χ1v) is 9.85. The maximum atomic E-state index is 12.8. The van der Waals surface area contributed by atoms with Crippen LogP contribution in [0.4, 0.5) is 5.69 Å². The van der Waals surface area contributed by atoms with Crippen molar-refractivity contribution in [3.8, 4) is 5.75 Å². The van der Waals surface area contributed by atoms with Gasteiger partial charge in [0.15, 0.2) is 12.7 Å². The van der Waals surface area contributed by atoms with E-state index in [1.54, 1.807) is 54.6 Å². The van der Waals surface area contributed by atoms with E-state index in [1.807, 2.05) is 0 Å². The SMILES string of the molecule is CNC(=O)C1CN(C(=O)COC(=O)c2ccc3nc(Cl)ccc3c2)c2ccccc2O1. The summed E-state index contributed by atoms with van der Waals surface area (Å²) in [6.07, 6.45) is -0.862. The number of aromatic nitrogens is 1. The second-order valence-corrected chi connectivity index (χ2v) is 7.20. The molecule has 0 fully saturated rings. The van der Waals surface area contributed by atoms with Gasteiger partial charge in [0.2, 0.25) is 0 Å². The van der Waals surface area contributed by atoms with Crippen LogP contribution in [0.1, 0.15) is 10.4 Å². The van der Waals surface area contributed by atoms with E-state index in [0.717, 1.165) is 5.39 Å². The summed E-state index contributed by atoms with van der Waals surface area (Å²) in [4.78, 5) is 42.9. The van der Waals surface area contributed by atoms with E-state index in [9.17, 15) is 14.4 Å². The molecule has 1 N–H and O–H groups in total. The van der Waals surface area contributed by atoms with Crippen molar-refractivity contribution in [1.82, 2.24) is 10.3 Å². The van der Waals surface area contributed by atoms with Gasteiger partial charge in [0.05, 0.1) is 23.3 Å². The molecular weight excluding hydrogens is 422 g/mol. The molecule has 4 rings (SSSR count). The van der Waals surface area contributed by atoms with Crippen LogP contribution >= 0.6 is 11.6 Å². The Balaban J connectivity index is 1.48. The van der Waals surface area contributed by atoms with E-state index in [2.05, 4.69) is 10.3 Å². The van der Waals surface area contributed by atoms with Crippen LogP contribution in [0.25, 0.3) is 10.9 Å². The fourth-order valence-corrected chi connectivity index (χ4v) is 3.44. The van der Waals surface area contributed by atoms with Crippen LogP contribution in [0.2, 0.25) is 5.15 Å². The first-order valence-electron chi connectivity index (χ1n) is 9.47. The molecule has 2 amide bonds. The minimum Gasteiger partial charge on any atom is -0.477 e. The Bertz CT molecular complexity index is 1180. The van der Waals surface area contributed by atoms with E-state index in [4.69, 9.17) is 21.1 Å². The Morgan fingerprint density at radius 1 is 1.19 bits per heavy atom. The maximum Gasteiger partial charge on any atom is 0.338 e. The van der Waals surface area contributed by atoms with Crippen molar-refractivity contribution in [2.75, 3.05) is 25.1 Å². The molecule has 31 heavy (non-hydrogen) atoms. The lowest BCUT2D eigenvalue weighted by Gasteiger charge is -2.33. The van der Waals surface area contributed by atoms with Gasteiger partial charge in [-0.1, -0.05) is 23.7 Å². The number of fused-ring (bicyclic) bond motifs is 2. The number of rotatable bonds is 4. The molecule has 1 aliphatic rings. The normalized spacial score (nSPS) is 15.0. The molecule has 2 heterocycles. The highest BCUT2D eigenvalue weighted by atomic mass is 35.5. The number of anilines is 1. The molecule has 3 aromatic rings. The minimum atomic E-state index is -0.862. The molecule has 0 saturated heterocycles. The molecule has 0 saturated carbocycles. The van der Waals surface area contributed by atoms with Gasteiger partial charge in [0.25, 0.3) is 11.8 Å². The third-order valence-corrected chi connectivity index (χ3v) is 5.04. The quantitative estimate of drug-likeness (QED) is 0.495. The first kappa shape index (κ1) is 20.6. The topological polar surface area (TPSA) is 97.8 Å². The lowest BCUT2D eigenvalue weighted by atomic mass is 10.1. The molecule has 1 atom stereocenters. The lowest BCUT2D eigenvalue weighted by Crippen LogP contribution is -2.51. The summed E-state index contributed by atoms with van der Waals surface area (Å²) in [5.41, 5.74) is 1.44. The molecule has 158 valence electrons. The highest BCUT2D eigenvalue weighted by Gasteiger charge is 2.33. The van der Waals surface area contributed by atoms with Gasteiger partial charge in [-0.25, -0.2) is 9.78 Å². The van der Waals surface area contributed by atoms with Crippen LogP contribution in [-0.2, 0) is 14.3 Å². The second kappa shape index (κ2) is 8.61. The molecule has 0 spiro atoms. The van der Waals surface area contributed by atoms with Crippen LogP contribution in [0, 0.1) is 0 Å². The largest absolute Gasteiger partial charge is 0.477 e. The standard InChI is InChI=1S/C22H18ClN3O5/c1-24-21(28)18-11-26(16-4-2-3-5-17(16)31-18)20(27)12-30-22(29)14-6-8-15-13(10-14)7-9-19(23)25-15/h2-10,18H,11-12H2,1H3,(H,24,28). The van der Waals surface area contributed by atoms with E-state index in [0.29, 0.717) is 22.1 Å². The third kappa shape index (κ3) is 4.29. The van der Waals surface area contributed by atoms with Gasteiger partial charge in [0, 0.05) is 12.4 Å². The Labute approximate surface area is 182 Å². The number of nitrogens with zero attached hydrogens (tertiary/aromatic N) is 2. The number of benzene rings is 2. The molecule has 1 aromatic heterocycles. The average molecular weight is 440 g/mol. The number of hydrogen-bond acceptors (Lipinski definition) is 6. The van der Waals surface area contributed by atoms with Crippen LogP contribution < -0.4 is 15.0 Å². The smallest absolute Gasteiger partial charge is 0.338 e. The summed E-state index contributed by atoms with van der Waals surface area (Å²) >= 11 is 5.88. The molecule has 1 unspecified atom stereocenters. The first-order chi connectivity index (χ1) is 15.0. The molecule has 8 nitrogen and oxygen atoms in total. The van der Waals surface area contributed by atoms with E-state index >= 15 is 0 Å². The molecule has 0 aliphatic carbocycles. The maximum absolute atomic E-state index is 12.8. The number of likely N-dealkylation sites (N-methyl/N-ethyl adjacent to an activating group) is 1. The van der Waals surface area contributed by atoms with Crippen LogP contribution in [0.5, 0.6) is 5.75 Å². The molecule has 0 bridgehead atoms. The van der Waals surface area contributed by atoms with E-state index < -0.39 is 24.6 Å². The number of esters is 1. The van der Waals surface area contributed by atoms with Gasteiger partial charge in [-0.3, -0.25) is 9.59 Å². The predicted molar refractivity (Wildman–Crippen MR) is 114 cm³/mol. The van der Waals surface area contributed by atoms with Crippen LogP contribution in [-0.4, -0.2) is 49.1 Å². The highest BCUT2D eigenvalue weighted by Crippen LogP contribution is 2.33. The van der Waals surface area contributed by atoms with Crippen LogP contribution in [0.3, 0.4) is 0 Å². The summed E-state index contributed by atoms with van der Waals surface area (Å²) in [6, 6.07) is 15.1. The number of halogens is 1. The predicted octanol–water partition coefficient (Wildman–Crippen LogP) is 2.59. The zero-order chi connectivity index (χ0) is 22.0. The van der Waals surface area contributed by atoms with Gasteiger partial charge < -0.3 is 19.7 Å². The summed E-state index contributed by atoms with van der Waals surface area (Å²) in [7, 11) is 1.49. The van der Waals surface area contributed by atoms with Crippen molar-refractivity contribution in [2.45, 2.75) is 6.10 Å². The van der Waals surface area contributed by atoms with Gasteiger partial charge >= 0.3 is 5.97 Å². The van der Waals surface area contributed by atoms with E-state index in [-0.39, 0.29) is 18.0 Å². The summed E-state index contributed by atoms with van der Waals surface area (Å²) in [5.74, 6) is -1.06. The number of pyridine rings is 1. The van der Waals surface area contributed by atoms with Crippen molar-refractivity contribution in [1.29, 1.82) is 0 Å². The lowest BCUT2D eigenvalue weighted by molar-refractivity contribution is -0.128. The monoisotopic (exact) mass is 439 g/mol. The number of para-hydroxylation sites is 2. The van der Waals surface area contributed by atoms with Gasteiger partial charge in [-0.2, -0.15) is 0 Å². The molecular formula is C22H18ClN3O5. The zero-order valence-corrected chi connectivity index (χ0v) is 17.3. The van der Waals surface area contributed by atoms with Crippen molar-refractivity contribution >= 4 is 46.0 Å². The molecule has 1 aliphatic heterocycles. The summed E-state index contributed by atoms with van der Waals surface area (Å²) in [5, 5.41) is 3.59. The molecule has 2 aromatic carbocycles. The van der Waals surface area contributed by atoms with E-state index in [1.165, 1.54) is 11.9 Å². The number of ether oxygens (including phenoxy) is 2. The fourth-order valence-electron chi connectivity index (χ4n) is 3.28. The third-order valence-electron chi connectivity index (χ3n) is 4.83. The minimum absolute atomic E-state index is 0.00940. The molecule has 0 radical (unpaired) electrons.